The van der Waals surface area contributed by atoms with Crippen molar-refractivity contribution in [2.24, 2.45) is 17.6 Å². The number of aromatic nitrogens is 1. The molecule has 1 aliphatic carbocycles. The van der Waals surface area contributed by atoms with Crippen LogP contribution in [0, 0.1) is 18.8 Å². The van der Waals surface area contributed by atoms with Crippen molar-refractivity contribution in [2.45, 2.75) is 52.0 Å². The zero-order chi connectivity index (χ0) is 12.3. The Kier molecular flexibility index (Phi) is 4.16. The van der Waals surface area contributed by atoms with Crippen LogP contribution in [0.1, 0.15) is 56.2 Å². The molecule has 3 atom stereocenters. The van der Waals surface area contributed by atoms with E-state index in [2.05, 4.69) is 24.9 Å². The lowest BCUT2D eigenvalue weighted by Crippen LogP contribution is -2.30. The van der Waals surface area contributed by atoms with Crippen LogP contribution in [-0.2, 0) is 0 Å². The van der Waals surface area contributed by atoms with Crippen molar-refractivity contribution in [2.75, 3.05) is 0 Å². The van der Waals surface area contributed by atoms with E-state index in [9.17, 15) is 0 Å². The normalized spacial score (nSPS) is 26.8. The molecule has 0 aliphatic heterocycles. The lowest BCUT2D eigenvalue weighted by Gasteiger charge is -2.35. The second-order valence-electron chi connectivity index (χ2n) is 5.37. The Labute approximate surface area is 105 Å². The Morgan fingerprint density at radius 1 is 1.41 bits per heavy atom. The molecule has 0 radical (unpaired) electrons. The van der Waals surface area contributed by atoms with E-state index in [4.69, 9.17) is 5.73 Å². The third kappa shape index (κ3) is 2.68. The van der Waals surface area contributed by atoms with Gasteiger partial charge in [0.05, 0.1) is 0 Å². The first-order valence-corrected chi connectivity index (χ1v) is 6.90. The van der Waals surface area contributed by atoms with Gasteiger partial charge in [0.15, 0.2) is 0 Å². The molecule has 2 rings (SSSR count). The molecule has 1 saturated carbocycles. The summed E-state index contributed by atoms with van der Waals surface area (Å²) in [5.41, 5.74) is 9.04. The molecule has 1 aromatic rings. The molecule has 0 aromatic carbocycles. The number of nitrogens with zero attached hydrogens (tertiary/aromatic N) is 1. The number of hydrogen-bond donors (Lipinski definition) is 1. The lowest BCUT2D eigenvalue weighted by molar-refractivity contribution is 0.196. The van der Waals surface area contributed by atoms with Gasteiger partial charge in [0.1, 0.15) is 0 Å². The predicted octanol–water partition coefficient (Wildman–Crippen LogP) is 3.61. The zero-order valence-electron chi connectivity index (χ0n) is 11.0. The van der Waals surface area contributed by atoms with Crippen molar-refractivity contribution in [3.63, 3.8) is 0 Å². The van der Waals surface area contributed by atoms with Crippen LogP contribution >= 0.6 is 0 Å². The molecule has 0 amide bonds. The molecule has 0 saturated heterocycles. The highest BCUT2D eigenvalue weighted by Crippen LogP contribution is 2.39. The molecule has 1 fully saturated rings. The van der Waals surface area contributed by atoms with Crippen LogP contribution in [0.5, 0.6) is 0 Å². The highest BCUT2D eigenvalue weighted by molar-refractivity contribution is 5.25. The SMILES string of the molecule is CCC1CCCCC1C(N)c1ccncc1C. The number of rotatable bonds is 3. The predicted molar refractivity (Wildman–Crippen MR) is 71.6 cm³/mol. The van der Waals surface area contributed by atoms with Crippen LogP contribution in [0.3, 0.4) is 0 Å². The number of pyridine rings is 1. The van der Waals surface area contributed by atoms with Crippen LogP contribution in [0.4, 0.5) is 0 Å². The van der Waals surface area contributed by atoms with E-state index in [1.165, 1.54) is 43.2 Å². The van der Waals surface area contributed by atoms with Crippen molar-refractivity contribution in [3.8, 4) is 0 Å². The van der Waals surface area contributed by atoms with Gasteiger partial charge in [-0.2, -0.15) is 0 Å². The Bertz CT molecular complexity index is 362. The van der Waals surface area contributed by atoms with E-state index in [0.29, 0.717) is 5.92 Å². The van der Waals surface area contributed by atoms with Crippen LogP contribution < -0.4 is 5.73 Å². The van der Waals surface area contributed by atoms with E-state index in [1.54, 1.807) is 0 Å². The van der Waals surface area contributed by atoms with E-state index in [-0.39, 0.29) is 6.04 Å². The summed E-state index contributed by atoms with van der Waals surface area (Å²) < 4.78 is 0. The fraction of sp³-hybridized carbons (Fsp3) is 0.667. The van der Waals surface area contributed by atoms with E-state index in [0.717, 1.165) is 5.92 Å². The summed E-state index contributed by atoms with van der Waals surface area (Å²) >= 11 is 0. The summed E-state index contributed by atoms with van der Waals surface area (Å²) in [5, 5.41) is 0. The summed E-state index contributed by atoms with van der Waals surface area (Å²) in [4.78, 5) is 4.16. The third-order valence-electron chi connectivity index (χ3n) is 4.38. The lowest BCUT2D eigenvalue weighted by atomic mass is 9.72. The minimum absolute atomic E-state index is 0.197. The summed E-state index contributed by atoms with van der Waals surface area (Å²) in [7, 11) is 0. The first-order valence-electron chi connectivity index (χ1n) is 6.90. The summed E-state index contributed by atoms with van der Waals surface area (Å²) in [5.74, 6) is 1.47. The van der Waals surface area contributed by atoms with Gasteiger partial charge in [-0.3, -0.25) is 4.98 Å². The molecule has 94 valence electrons. The Morgan fingerprint density at radius 3 is 2.88 bits per heavy atom. The molecule has 17 heavy (non-hydrogen) atoms. The van der Waals surface area contributed by atoms with Gasteiger partial charge >= 0.3 is 0 Å². The summed E-state index contributed by atoms with van der Waals surface area (Å²) in [6.45, 7) is 4.42. The molecule has 1 aliphatic rings. The standard InChI is InChI=1S/C15H24N2/c1-3-12-6-4-5-7-14(12)15(16)13-8-9-17-10-11(13)2/h8-10,12,14-15H,3-7,16H2,1-2H3. The average molecular weight is 232 g/mol. The first kappa shape index (κ1) is 12.6. The maximum absolute atomic E-state index is 6.51. The molecular formula is C15H24N2. The van der Waals surface area contributed by atoms with E-state index in [1.807, 2.05) is 12.4 Å². The van der Waals surface area contributed by atoms with Crippen LogP contribution in [0.15, 0.2) is 18.5 Å². The van der Waals surface area contributed by atoms with Crippen LogP contribution in [0.25, 0.3) is 0 Å². The quantitative estimate of drug-likeness (QED) is 0.864. The van der Waals surface area contributed by atoms with Crippen molar-refractivity contribution in [3.05, 3.63) is 29.6 Å². The summed E-state index contributed by atoms with van der Waals surface area (Å²) in [6, 6.07) is 2.30. The number of hydrogen-bond acceptors (Lipinski definition) is 2. The summed E-state index contributed by atoms with van der Waals surface area (Å²) in [6.07, 6.45) is 10.4. The van der Waals surface area contributed by atoms with Crippen LogP contribution in [-0.4, -0.2) is 4.98 Å². The molecule has 2 N–H and O–H groups in total. The molecule has 1 aromatic heterocycles. The smallest absolute Gasteiger partial charge is 0.0329 e. The monoisotopic (exact) mass is 232 g/mol. The molecule has 1 heterocycles. The van der Waals surface area contributed by atoms with Crippen molar-refractivity contribution >= 4 is 0 Å². The molecule has 0 spiro atoms. The number of nitrogens with two attached hydrogens (primary N) is 1. The van der Waals surface area contributed by atoms with Gasteiger partial charge in [-0.25, -0.2) is 0 Å². The largest absolute Gasteiger partial charge is 0.324 e. The maximum Gasteiger partial charge on any atom is 0.0329 e. The van der Waals surface area contributed by atoms with E-state index < -0.39 is 0 Å². The van der Waals surface area contributed by atoms with Gasteiger partial charge in [-0.05, 0) is 42.4 Å². The Morgan fingerprint density at radius 2 is 2.18 bits per heavy atom. The fourth-order valence-corrected chi connectivity index (χ4v) is 3.30. The fourth-order valence-electron chi connectivity index (χ4n) is 3.30. The van der Waals surface area contributed by atoms with Gasteiger partial charge in [0.25, 0.3) is 0 Å². The second-order valence-corrected chi connectivity index (χ2v) is 5.37. The van der Waals surface area contributed by atoms with Gasteiger partial charge < -0.3 is 5.73 Å². The zero-order valence-corrected chi connectivity index (χ0v) is 11.0. The topological polar surface area (TPSA) is 38.9 Å². The van der Waals surface area contributed by atoms with Gasteiger partial charge in [-0.15, -0.1) is 0 Å². The highest BCUT2D eigenvalue weighted by Gasteiger charge is 2.30. The third-order valence-corrected chi connectivity index (χ3v) is 4.38. The van der Waals surface area contributed by atoms with Crippen molar-refractivity contribution < 1.29 is 0 Å². The molecule has 3 unspecified atom stereocenters. The number of aryl methyl sites for hydroxylation is 1. The Balaban J connectivity index is 2.18. The molecular weight excluding hydrogens is 208 g/mol. The maximum atomic E-state index is 6.51. The van der Waals surface area contributed by atoms with Gasteiger partial charge in [-0.1, -0.05) is 32.6 Å². The van der Waals surface area contributed by atoms with Crippen LogP contribution in [0.2, 0.25) is 0 Å². The van der Waals surface area contributed by atoms with Gasteiger partial charge in [0.2, 0.25) is 0 Å². The Hall–Kier alpha value is -0.890. The minimum Gasteiger partial charge on any atom is -0.324 e. The van der Waals surface area contributed by atoms with E-state index >= 15 is 0 Å². The van der Waals surface area contributed by atoms with Crippen molar-refractivity contribution in [1.82, 2.24) is 4.98 Å². The molecule has 0 bridgehead atoms. The second kappa shape index (κ2) is 5.63. The average Bonchev–Trinajstić information content (AvgIpc) is 2.38. The van der Waals surface area contributed by atoms with Gasteiger partial charge in [0, 0.05) is 18.4 Å². The molecule has 2 heteroatoms. The first-order chi connectivity index (χ1) is 8.24. The highest BCUT2D eigenvalue weighted by atomic mass is 14.7. The molecule has 2 nitrogen and oxygen atoms in total. The minimum atomic E-state index is 0.197. The van der Waals surface area contributed by atoms with Crippen molar-refractivity contribution in [1.29, 1.82) is 0 Å².